The van der Waals surface area contributed by atoms with E-state index in [1.165, 1.54) is 13.8 Å². The maximum absolute atomic E-state index is 14.1. The van der Waals surface area contributed by atoms with Crippen LogP contribution in [-0.4, -0.2) is 121 Å². The summed E-state index contributed by atoms with van der Waals surface area (Å²) < 4.78 is 18.6. The molecular formula is C39H55N7O9. The number of nitrogens with zero attached hydrogens (tertiary/aromatic N) is 3. The van der Waals surface area contributed by atoms with Gasteiger partial charge in [-0.25, -0.2) is 4.79 Å². The Bertz CT molecular complexity index is 1760. The molecule has 7 N–H and O–H groups in total. The van der Waals surface area contributed by atoms with Crippen molar-refractivity contribution in [2.45, 2.75) is 113 Å². The van der Waals surface area contributed by atoms with E-state index in [9.17, 15) is 29.1 Å². The number of likely N-dealkylation sites (tertiary alicyclic amines) is 2. The summed E-state index contributed by atoms with van der Waals surface area (Å²) in [5.41, 5.74) is 11.0. The molecule has 6 rings (SSSR count). The van der Waals surface area contributed by atoms with Crippen LogP contribution >= 0.6 is 0 Å². The number of amides is 3. The SMILES string of the molecule is COc1ccc2c3c1O[C@H]1C(OC(=O)N4CCCCC4CNC(=O)[C@H](CCCN=C(N)N)CC(=O)[C@H](C)NC(=O)CC(C)=O)=CC[C@@]4(O)[C@@H](C2)N(C)CC[C@]314. The molecule has 16 heteroatoms. The summed E-state index contributed by atoms with van der Waals surface area (Å²) in [5.74, 6) is -0.919. The Labute approximate surface area is 321 Å². The standard InChI is InChI=1S/C39H55N7O9/c1-22(47)18-31(49)44-23(2)27(48)19-25(8-7-15-42-36(40)41)35(50)43-21-26-9-5-6-16-46(26)37(51)54-29-12-13-39(52)30-20-24-10-11-28(53-4)33-32(24)38(39,34(29)55-33)14-17-45(30)3/h10-12,23,25-26,30,34,52H,5-9,13-21H2,1-4H3,(H,43,50)(H,44,49)(H4,40,41,42)/t23-,25+,26?,30+,34-,38-,39+/m0/s1. The van der Waals surface area contributed by atoms with Gasteiger partial charge < -0.3 is 51.2 Å². The van der Waals surface area contributed by atoms with Gasteiger partial charge in [0.25, 0.3) is 0 Å². The number of carbonyl (C=O) groups is 5. The molecule has 3 aliphatic heterocycles. The number of piperidine rings is 2. The molecule has 0 saturated carbocycles. The molecular weight excluding hydrogens is 710 g/mol. The summed E-state index contributed by atoms with van der Waals surface area (Å²) in [5, 5.41) is 18.0. The number of methoxy groups -OCH3 is 1. The van der Waals surface area contributed by atoms with Crippen LogP contribution in [0.5, 0.6) is 11.5 Å². The molecule has 1 spiro atoms. The fraction of sp³-hybridized carbons (Fsp3) is 0.641. The fourth-order valence-corrected chi connectivity index (χ4v) is 9.45. The summed E-state index contributed by atoms with van der Waals surface area (Å²) in [6.07, 6.45) is 4.56. The van der Waals surface area contributed by atoms with Crippen LogP contribution in [0.1, 0.15) is 82.8 Å². The van der Waals surface area contributed by atoms with Crippen molar-refractivity contribution in [3.8, 4) is 11.5 Å². The lowest BCUT2D eigenvalue weighted by atomic mass is 9.50. The molecule has 7 atom stereocenters. The molecule has 2 saturated heterocycles. The number of hydrogen-bond donors (Lipinski definition) is 5. The van der Waals surface area contributed by atoms with Gasteiger partial charge in [-0.1, -0.05) is 6.07 Å². The topological polar surface area (TPSA) is 228 Å². The Morgan fingerprint density at radius 2 is 1.95 bits per heavy atom. The number of ether oxygens (including phenoxy) is 3. The highest BCUT2D eigenvalue weighted by molar-refractivity contribution is 5.99. The summed E-state index contributed by atoms with van der Waals surface area (Å²) in [6.45, 7) is 4.38. The van der Waals surface area contributed by atoms with Gasteiger partial charge in [0.1, 0.15) is 11.5 Å². The number of rotatable bonds is 15. The Morgan fingerprint density at radius 1 is 1.16 bits per heavy atom. The average molecular weight is 766 g/mol. The van der Waals surface area contributed by atoms with Gasteiger partial charge >= 0.3 is 6.09 Å². The van der Waals surface area contributed by atoms with E-state index in [-0.39, 0.29) is 61.4 Å². The molecule has 0 aromatic heterocycles. The maximum Gasteiger partial charge on any atom is 0.415 e. The fourth-order valence-electron chi connectivity index (χ4n) is 9.45. The van der Waals surface area contributed by atoms with Crippen LogP contribution < -0.4 is 31.6 Å². The van der Waals surface area contributed by atoms with E-state index in [1.54, 1.807) is 18.1 Å². The van der Waals surface area contributed by atoms with Gasteiger partial charge in [0, 0.05) is 50.0 Å². The summed E-state index contributed by atoms with van der Waals surface area (Å²) in [4.78, 5) is 72.2. The van der Waals surface area contributed by atoms with Crippen LogP contribution in [0.4, 0.5) is 4.79 Å². The maximum atomic E-state index is 14.1. The van der Waals surface area contributed by atoms with Crippen molar-refractivity contribution < 1.29 is 43.3 Å². The monoisotopic (exact) mass is 765 g/mol. The van der Waals surface area contributed by atoms with E-state index in [1.807, 2.05) is 19.2 Å². The lowest BCUT2D eigenvalue weighted by molar-refractivity contribution is -0.163. The normalized spacial score (nSPS) is 27.3. The highest BCUT2D eigenvalue weighted by atomic mass is 16.6. The molecule has 1 aromatic carbocycles. The third kappa shape index (κ3) is 7.62. The van der Waals surface area contributed by atoms with E-state index in [0.717, 1.165) is 30.5 Å². The number of likely N-dealkylation sites (N-methyl/N-ethyl adjacent to an activating group) is 1. The first-order chi connectivity index (χ1) is 26.2. The van der Waals surface area contributed by atoms with E-state index in [0.29, 0.717) is 62.3 Å². The number of carbonyl (C=O) groups excluding carboxylic acids is 5. The van der Waals surface area contributed by atoms with E-state index < -0.39 is 41.1 Å². The number of nitrogens with two attached hydrogens (primary N) is 2. The average Bonchev–Trinajstić information content (AvgIpc) is 3.50. The molecule has 3 amide bonds. The van der Waals surface area contributed by atoms with Crippen molar-refractivity contribution in [1.29, 1.82) is 0 Å². The molecule has 1 unspecified atom stereocenters. The predicted octanol–water partition coefficient (Wildman–Crippen LogP) is 1.19. The highest BCUT2D eigenvalue weighted by Gasteiger charge is 2.72. The van der Waals surface area contributed by atoms with Gasteiger partial charge in [-0.05, 0) is 90.1 Å². The van der Waals surface area contributed by atoms with Gasteiger partial charge in [0.05, 0.1) is 36.6 Å². The summed E-state index contributed by atoms with van der Waals surface area (Å²) in [7, 11) is 3.63. The van der Waals surface area contributed by atoms with Crippen molar-refractivity contribution in [3.63, 3.8) is 0 Å². The Balaban J connectivity index is 1.14. The van der Waals surface area contributed by atoms with Crippen molar-refractivity contribution in [2.75, 3.05) is 40.3 Å². The Morgan fingerprint density at radius 3 is 2.67 bits per heavy atom. The minimum Gasteiger partial charge on any atom is -0.493 e. The highest BCUT2D eigenvalue weighted by Crippen LogP contribution is 2.65. The van der Waals surface area contributed by atoms with Crippen molar-refractivity contribution in [2.24, 2.45) is 22.4 Å². The molecule has 3 heterocycles. The molecule has 0 radical (unpaired) electrons. The van der Waals surface area contributed by atoms with Crippen LogP contribution in [0.15, 0.2) is 29.0 Å². The van der Waals surface area contributed by atoms with Gasteiger partial charge in [0.15, 0.2) is 29.3 Å². The first kappa shape index (κ1) is 40.0. The Kier molecular flexibility index (Phi) is 11.8. The van der Waals surface area contributed by atoms with Gasteiger partial charge in [-0.2, -0.15) is 0 Å². The molecule has 16 nitrogen and oxygen atoms in total. The van der Waals surface area contributed by atoms with Gasteiger partial charge in [0.2, 0.25) is 11.8 Å². The first-order valence-corrected chi connectivity index (χ1v) is 19.3. The third-order valence-electron chi connectivity index (χ3n) is 12.2. The van der Waals surface area contributed by atoms with Crippen LogP contribution in [0.2, 0.25) is 0 Å². The zero-order chi connectivity index (χ0) is 39.7. The van der Waals surface area contributed by atoms with E-state index in [2.05, 4.69) is 20.5 Å². The van der Waals surface area contributed by atoms with E-state index in [4.69, 9.17) is 25.7 Å². The molecule has 5 aliphatic rings. The largest absolute Gasteiger partial charge is 0.493 e. The molecule has 2 aliphatic carbocycles. The number of aliphatic imine (C=N–C) groups is 1. The lowest BCUT2D eigenvalue weighted by Crippen LogP contribution is -2.74. The third-order valence-corrected chi connectivity index (χ3v) is 12.2. The number of Topliss-reactive ketones (excluding diaryl/α,β-unsaturated/α-hetero) is 2. The number of nitrogens with one attached hydrogen (secondary N) is 2. The quantitative estimate of drug-likeness (QED) is 0.0735. The van der Waals surface area contributed by atoms with Crippen molar-refractivity contribution in [1.82, 2.24) is 20.4 Å². The molecule has 300 valence electrons. The van der Waals surface area contributed by atoms with Gasteiger partial charge in [-0.3, -0.25) is 24.2 Å². The second-order valence-electron chi connectivity index (χ2n) is 15.7. The molecule has 1 aromatic rings. The Hall–Kier alpha value is -4.70. The zero-order valence-electron chi connectivity index (χ0n) is 32.2. The summed E-state index contributed by atoms with van der Waals surface area (Å²) >= 11 is 0. The summed E-state index contributed by atoms with van der Waals surface area (Å²) in [6, 6.07) is 2.54. The predicted molar refractivity (Wildman–Crippen MR) is 201 cm³/mol. The van der Waals surface area contributed by atoms with Gasteiger partial charge in [-0.15, -0.1) is 0 Å². The molecule has 2 bridgehead atoms. The minimum absolute atomic E-state index is 0.0785. The molecule has 55 heavy (non-hydrogen) atoms. The first-order valence-electron chi connectivity index (χ1n) is 19.3. The van der Waals surface area contributed by atoms with Crippen molar-refractivity contribution >= 4 is 35.4 Å². The molecule has 2 fully saturated rings. The number of aliphatic hydroxyl groups is 1. The number of ketones is 2. The van der Waals surface area contributed by atoms with Crippen LogP contribution in [0.3, 0.4) is 0 Å². The van der Waals surface area contributed by atoms with Crippen molar-refractivity contribution in [3.05, 3.63) is 35.1 Å². The lowest BCUT2D eigenvalue weighted by Gasteiger charge is -2.61. The number of guanidine groups is 1. The second kappa shape index (κ2) is 16.2. The van der Waals surface area contributed by atoms with Crippen LogP contribution in [0.25, 0.3) is 0 Å². The van der Waals surface area contributed by atoms with Crippen LogP contribution in [-0.2, 0) is 35.8 Å². The smallest absolute Gasteiger partial charge is 0.415 e. The second-order valence-corrected chi connectivity index (χ2v) is 15.7. The number of hydrogen-bond acceptors (Lipinski definition) is 11. The number of benzene rings is 1. The van der Waals surface area contributed by atoms with Crippen LogP contribution in [0, 0.1) is 5.92 Å². The van der Waals surface area contributed by atoms with E-state index >= 15 is 0 Å². The minimum atomic E-state index is -1.14. The zero-order valence-corrected chi connectivity index (χ0v) is 32.2.